The Kier molecular flexibility index (Phi) is 4.04. The Labute approximate surface area is 158 Å². The van der Waals surface area contributed by atoms with E-state index in [4.69, 9.17) is 11.6 Å². The van der Waals surface area contributed by atoms with E-state index in [2.05, 4.69) is 50.5 Å². The molecule has 0 radical (unpaired) electrons. The Bertz CT molecular complexity index is 911. The van der Waals surface area contributed by atoms with Crippen LogP contribution in [0.25, 0.3) is 5.65 Å². The molecule has 1 aliphatic carbocycles. The molecule has 134 valence electrons. The summed E-state index contributed by atoms with van der Waals surface area (Å²) in [7, 11) is 0. The van der Waals surface area contributed by atoms with Crippen molar-refractivity contribution in [1.29, 1.82) is 0 Å². The van der Waals surface area contributed by atoms with Gasteiger partial charge in [0.05, 0.1) is 11.9 Å². The van der Waals surface area contributed by atoms with Crippen LogP contribution in [0.5, 0.6) is 0 Å². The van der Waals surface area contributed by atoms with E-state index in [9.17, 15) is 0 Å². The molecule has 2 fully saturated rings. The number of hydrogen-bond acceptors (Lipinski definition) is 4. The van der Waals surface area contributed by atoms with Crippen LogP contribution in [0.4, 0.5) is 5.69 Å². The van der Waals surface area contributed by atoms with Gasteiger partial charge in [0.25, 0.3) is 0 Å². The lowest BCUT2D eigenvalue weighted by molar-refractivity contribution is 0.505. The third-order valence-corrected chi connectivity index (χ3v) is 6.06. The average Bonchev–Trinajstić information content (AvgIpc) is 3.42. The van der Waals surface area contributed by atoms with E-state index < -0.39 is 0 Å². The number of hydrogen-bond donors (Lipinski definition) is 0. The van der Waals surface area contributed by atoms with Gasteiger partial charge in [0, 0.05) is 19.5 Å². The second kappa shape index (κ2) is 6.54. The van der Waals surface area contributed by atoms with Crippen molar-refractivity contribution in [3.05, 3.63) is 52.9 Å². The van der Waals surface area contributed by atoms with Crippen molar-refractivity contribution in [2.45, 2.75) is 38.0 Å². The molecule has 0 amide bonds. The first-order valence-corrected chi connectivity index (χ1v) is 9.86. The van der Waals surface area contributed by atoms with Gasteiger partial charge in [-0.3, -0.25) is 0 Å². The molecule has 3 heterocycles. The van der Waals surface area contributed by atoms with Gasteiger partial charge in [-0.2, -0.15) is 9.61 Å². The van der Waals surface area contributed by atoms with Crippen LogP contribution in [0.15, 0.2) is 36.5 Å². The van der Waals surface area contributed by atoms with Crippen LogP contribution in [0, 0.1) is 5.92 Å². The molecule has 1 saturated heterocycles. The molecule has 0 spiro atoms. The predicted octanol–water partition coefficient (Wildman–Crippen LogP) is 4.11. The van der Waals surface area contributed by atoms with E-state index in [1.165, 1.54) is 18.4 Å². The normalized spacial score (nSPS) is 18.6. The summed E-state index contributed by atoms with van der Waals surface area (Å²) in [6.45, 7) is 1.97. The molecule has 1 aliphatic heterocycles. The second-order valence-corrected chi connectivity index (χ2v) is 7.89. The lowest BCUT2D eigenvalue weighted by Crippen LogP contribution is -2.33. The Hall–Kier alpha value is -2.14. The fraction of sp³-hybridized carbons (Fsp3) is 0.450. The lowest BCUT2D eigenvalue weighted by Gasteiger charge is -2.34. The molecule has 6 heteroatoms. The zero-order valence-electron chi connectivity index (χ0n) is 14.7. The summed E-state index contributed by atoms with van der Waals surface area (Å²) >= 11 is 6.69. The van der Waals surface area contributed by atoms with Crippen LogP contribution >= 0.6 is 11.6 Å². The maximum atomic E-state index is 6.69. The predicted molar refractivity (Wildman–Crippen MR) is 103 cm³/mol. The fourth-order valence-corrected chi connectivity index (χ4v) is 4.25. The van der Waals surface area contributed by atoms with Gasteiger partial charge in [-0.25, -0.2) is 0 Å². The highest BCUT2D eigenvalue weighted by atomic mass is 35.5. The monoisotopic (exact) mass is 367 g/mol. The van der Waals surface area contributed by atoms with E-state index >= 15 is 0 Å². The first-order valence-electron chi connectivity index (χ1n) is 9.48. The van der Waals surface area contributed by atoms with Crippen molar-refractivity contribution in [3.63, 3.8) is 0 Å². The molecular weight excluding hydrogens is 346 g/mol. The third kappa shape index (κ3) is 2.94. The Balaban J connectivity index is 1.35. The smallest absolute Gasteiger partial charge is 0.198 e. The van der Waals surface area contributed by atoms with E-state index in [1.54, 1.807) is 0 Å². The number of piperidine rings is 1. The molecule has 0 unspecified atom stereocenters. The van der Waals surface area contributed by atoms with Crippen molar-refractivity contribution in [3.8, 4) is 0 Å². The van der Waals surface area contributed by atoms with E-state index in [0.717, 1.165) is 49.8 Å². The summed E-state index contributed by atoms with van der Waals surface area (Å²) in [5.74, 6) is 2.31. The third-order valence-electron chi connectivity index (χ3n) is 5.70. The highest BCUT2D eigenvalue weighted by Gasteiger charge is 2.27. The molecule has 2 aliphatic rings. The minimum atomic E-state index is 0.626. The number of nitrogens with zero attached hydrogens (tertiary/aromatic N) is 5. The number of halogens is 1. The lowest BCUT2D eigenvalue weighted by atomic mass is 9.89. The average molecular weight is 368 g/mol. The highest BCUT2D eigenvalue weighted by Crippen LogP contribution is 2.36. The van der Waals surface area contributed by atoms with Crippen molar-refractivity contribution in [1.82, 2.24) is 19.8 Å². The van der Waals surface area contributed by atoms with Crippen molar-refractivity contribution >= 4 is 22.9 Å². The molecule has 5 rings (SSSR count). The molecule has 1 aromatic carbocycles. The zero-order chi connectivity index (χ0) is 17.5. The summed E-state index contributed by atoms with van der Waals surface area (Å²) < 4.78 is 1.82. The first kappa shape index (κ1) is 16.1. The number of fused-ring (bicyclic) bond motifs is 1. The summed E-state index contributed by atoms with van der Waals surface area (Å²) in [6, 6.07) is 10.8. The summed E-state index contributed by atoms with van der Waals surface area (Å²) in [6.07, 6.45) is 7.68. The van der Waals surface area contributed by atoms with Gasteiger partial charge in [0.1, 0.15) is 5.02 Å². The maximum Gasteiger partial charge on any atom is 0.198 e. The molecular formula is C20H22ClN5. The topological polar surface area (TPSA) is 46.3 Å². The van der Waals surface area contributed by atoms with Gasteiger partial charge in [0.15, 0.2) is 11.5 Å². The summed E-state index contributed by atoms with van der Waals surface area (Å²) in [4.78, 5) is 2.34. The van der Waals surface area contributed by atoms with Crippen molar-refractivity contribution < 1.29 is 0 Å². The zero-order valence-corrected chi connectivity index (χ0v) is 15.4. The van der Waals surface area contributed by atoms with Crippen LogP contribution in [0.2, 0.25) is 5.02 Å². The number of anilines is 1. The van der Waals surface area contributed by atoms with Crippen LogP contribution in [-0.4, -0.2) is 32.9 Å². The number of benzene rings is 1. The van der Waals surface area contributed by atoms with E-state index in [1.807, 2.05) is 10.7 Å². The van der Waals surface area contributed by atoms with Gasteiger partial charge in [-0.05, 0) is 43.1 Å². The van der Waals surface area contributed by atoms with Gasteiger partial charge >= 0.3 is 0 Å². The van der Waals surface area contributed by atoms with Crippen molar-refractivity contribution in [2.24, 2.45) is 5.92 Å². The van der Waals surface area contributed by atoms with Gasteiger partial charge in [-0.15, -0.1) is 10.2 Å². The molecule has 0 N–H and O–H groups in total. The Morgan fingerprint density at radius 3 is 2.50 bits per heavy atom. The number of rotatable bonds is 4. The highest BCUT2D eigenvalue weighted by molar-refractivity contribution is 6.36. The van der Waals surface area contributed by atoms with Gasteiger partial charge in [0.2, 0.25) is 0 Å². The summed E-state index contributed by atoms with van der Waals surface area (Å²) in [5.41, 5.74) is 3.11. The van der Waals surface area contributed by atoms with E-state index in [0.29, 0.717) is 16.6 Å². The molecule has 0 atom stereocenters. The van der Waals surface area contributed by atoms with Crippen LogP contribution < -0.4 is 4.90 Å². The van der Waals surface area contributed by atoms with Crippen LogP contribution in [0.1, 0.15) is 43.0 Å². The Morgan fingerprint density at radius 2 is 1.77 bits per heavy atom. The Morgan fingerprint density at radius 1 is 1.00 bits per heavy atom. The fourth-order valence-electron chi connectivity index (χ4n) is 3.96. The summed E-state index contributed by atoms with van der Waals surface area (Å²) in [5, 5.41) is 13.9. The van der Waals surface area contributed by atoms with Crippen LogP contribution in [0.3, 0.4) is 0 Å². The minimum absolute atomic E-state index is 0.626. The number of aromatic nitrogens is 4. The van der Waals surface area contributed by atoms with Gasteiger partial charge in [-0.1, -0.05) is 41.9 Å². The van der Waals surface area contributed by atoms with Gasteiger partial charge < -0.3 is 4.90 Å². The SMILES string of the molecule is Clc1c(N2CCC(c3ccccc3)CC2)cnn2c(CC3CC3)nnc12. The maximum absolute atomic E-state index is 6.69. The second-order valence-electron chi connectivity index (χ2n) is 7.51. The molecule has 2 aromatic heterocycles. The first-order chi connectivity index (χ1) is 12.8. The molecule has 26 heavy (non-hydrogen) atoms. The molecule has 3 aromatic rings. The molecule has 5 nitrogen and oxygen atoms in total. The van der Waals surface area contributed by atoms with Crippen molar-refractivity contribution in [2.75, 3.05) is 18.0 Å². The quantitative estimate of drug-likeness (QED) is 0.696. The molecule has 1 saturated carbocycles. The molecule has 0 bridgehead atoms. The standard InChI is InChI=1S/C20H22ClN5/c21-19-17(13-22-26-18(12-14-6-7-14)23-24-20(19)26)25-10-8-16(9-11-25)15-4-2-1-3-5-15/h1-5,13-14,16H,6-12H2. The minimum Gasteiger partial charge on any atom is -0.369 e. The van der Waals surface area contributed by atoms with E-state index in [-0.39, 0.29) is 0 Å². The largest absolute Gasteiger partial charge is 0.369 e. The van der Waals surface area contributed by atoms with Crippen LogP contribution in [-0.2, 0) is 6.42 Å².